The van der Waals surface area contributed by atoms with Crippen LogP contribution in [0.3, 0.4) is 0 Å². The van der Waals surface area contributed by atoms with Crippen LogP contribution in [0.25, 0.3) is 0 Å². The molecule has 0 saturated carbocycles. The van der Waals surface area contributed by atoms with Gasteiger partial charge < -0.3 is 32.7 Å². The molecule has 0 aromatic heterocycles. The summed E-state index contributed by atoms with van der Waals surface area (Å²) in [6, 6.07) is 0. The molecule has 0 aliphatic rings. The summed E-state index contributed by atoms with van der Waals surface area (Å²) in [7, 11) is 0. The first-order chi connectivity index (χ1) is 4.15. The van der Waals surface area contributed by atoms with Crippen LogP contribution in [0.5, 0.6) is 0 Å². The third-order valence-electron chi connectivity index (χ3n) is 1.14. The van der Waals surface area contributed by atoms with Crippen molar-refractivity contribution in [1.82, 2.24) is 12.3 Å². The Morgan fingerprint density at radius 1 is 0.917 bits per heavy atom. The summed E-state index contributed by atoms with van der Waals surface area (Å²) >= 11 is 0. The molecule has 6 nitrogen and oxygen atoms in total. The van der Waals surface area contributed by atoms with Crippen LogP contribution in [0.15, 0.2) is 12.2 Å². The van der Waals surface area contributed by atoms with E-state index in [2.05, 4.69) is 6.58 Å². The van der Waals surface area contributed by atoms with E-state index in [4.69, 9.17) is 20.4 Å². The summed E-state index contributed by atoms with van der Waals surface area (Å²) in [5.41, 5.74) is -0.458. The molecule has 0 radical (unpaired) electrons. The van der Waals surface area contributed by atoms with E-state index in [0.717, 1.165) is 13.8 Å². The Morgan fingerprint density at radius 2 is 1.08 bits per heavy atom. The molecule has 0 aromatic rings. The van der Waals surface area contributed by atoms with Crippen molar-refractivity contribution in [1.29, 1.82) is 0 Å². The first kappa shape index (κ1) is 17.5. The summed E-state index contributed by atoms with van der Waals surface area (Å²) in [5.74, 6) is -4.50. The molecule has 0 spiro atoms. The van der Waals surface area contributed by atoms with Crippen molar-refractivity contribution in [2.45, 2.75) is 25.4 Å². The van der Waals surface area contributed by atoms with Gasteiger partial charge in [-0.15, -0.1) is 0 Å². The highest BCUT2D eigenvalue weighted by Gasteiger charge is 2.33. The molecule has 0 rings (SSSR count). The minimum Gasteiger partial charge on any atom is -0.362 e. The van der Waals surface area contributed by atoms with Gasteiger partial charge in [0, 0.05) is 5.57 Å². The second kappa shape index (κ2) is 4.51. The van der Waals surface area contributed by atoms with Crippen molar-refractivity contribution >= 4 is 0 Å². The molecule has 0 bridgehead atoms. The van der Waals surface area contributed by atoms with Crippen LogP contribution >= 0.6 is 0 Å². The lowest BCUT2D eigenvalue weighted by Crippen LogP contribution is -2.39. The maximum Gasteiger partial charge on any atom is 0.187 e. The zero-order valence-corrected chi connectivity index (χ0v) is 7.41. The molecule has 0 amide bonds. The van der Waals surface area contributed by atoms with Crippen LogP contribution in [0, 0.1) is 0 Å². The van der Waals surface area contributed by atoms with Crippen molar-refractivity contribution in [2.75, 3.05) is 0 Å². The summed E-state index contributed by atoms with van der Waals surface area (Å²) in [5, 5.41) is 35.0. The topological polar surface area (TPSA) is 151 Å². The van der Waals surface area contributed by atoms with Crippen LogP contribution in [-0.4, -0.2) is 32.0 Å². The van der Waals surface area contributed by atoms with Crippen molar-refractivity contribution in [3.63, 3.8) is 0 Å². The molecule has 0 fully saturated rings. The molecule has 0 heterocycles. The van der Waals surface area contributed by atoms with Crippen LogP contribution in [0.1, 0.15) is 13.8 Å². The minimum atomic E-state index is -2.25. The molecule has 10 N–H and O–H groups in total. The Hall–Kier alpha value is -0.500. The van der Waals surface area contributed by atoms with E-state index in [0.29, 0.717) is 0 Å². The molecule has 0 atom stereocenters. The zero-order chi connectivity index (χ0) is 8.58. The van der Waals surface area contributed by atoms with E-state index < -0.39 is 17.1 Å². The first-order valence-electron chi connectivity index (χ1n) is 2.75. The van der Waals surface area contributed by atoms with Gasteiger partial charge in [0.2, 0.25) is 0 Å². The van der Waals surface area contributed by atoms with E-state index in [9.17, 15) is 0 Å². The van der Waals surface area contributed by atoms with Gasteiger partial charge >= 0.3 is 0 Å². The Kier molecular flexibility index (Phi) is 6.59. The molecule has 6 heteroatoms. The van der Waals surface area contributed by atoms with E-state index in [1.165, 1.54) is 0 Å². The number of rotatable bonds is 2. The van der Waals surface area contributed by atoms with Gasteiger partial charge in [-0.3, -0.25) is 0 Å². The Bertz CT molecular complexity index is 129. The highest BCUT2D eigenvalue weighted by molar-refractivity contribution is 5.12. The molecule has 12 heavy (non-hydrogen) atoms. The lowest BCUT2D eigenvalue weighted by atomic mass is 10.0. The molecule has 0 saturated heterocycles. The second-order valence-corrected chi connectivity index (χ2v) is 2.52. The van der Waals surface area contributed by atoms with Gasteiger partial charge in [-0.1, -0.05) is 6.58 Å². The van der Waals surface area contributed by atoms with E-state index in [1.807, 2.05) is 0 Å². The highest BCUT2D eigenvalue weighted by Crippen LogP contribution is 2.20. The molecule has 76 valence electrons. The predicted octanol–water partition coefficient (Wildman–Crippen LogP) is -0.732. The quantitative estimate of drug-likeness (QED) is 0.244. The fourth-order valence-electron chi connectivity index (χ4n) is 0.449. The number of aliphatic hydroxyl groups is 4. The first-order valence-corrected chi connectivity index (χ1v) is 2.75. The predicted molar refractivity (Wildman–Crippen MR) is 44.9 cm³/mol. The largest absolute Gasteiger partial charge is 0.362 e. The van der Waals surface area contributed by atoms with Gasteiger partial charge in [0.25, 0.3) is 0 Å². The summed E-state index contributed by atoms with van der Waals surface area (Å²) in [6.07, 6.45) is 0. The van der Waals surface area contributed by atoms with Crippen molar-refractivity contribution in [3.05, 3.63) is 12.2 Å². The summed E-state index contributed by atoms with van der Waals surface area (Å²) in [6.45, 7) is 5.10. The smallest absolute Gasteiger partial charge is 0.187 e. The molecular weight excluding hydrogens is 164 g/mol. The van der Waals surface area contributed by atoms with Gasteiger partial charge in [-0.05, 0) is 13.8 Å². The maximum atomic E-state index is 8.76. The number of hydrogen-bond acceptors (Lipinski definition) is 6. The molecule has 0 aliphatic carbocycles. The van der Waals surface area contributed by atoms with Gasteiger partial charge in [-0.2, -0.15) is 0 Å². The average molecular weight is 182 g/mol. The number of hydrogen-bond donors (Lipinski definition) is 6. The molecule has 0 aromatic carbocycles. The van der Waals surface area contributed by atoms with Crippen LogP contribution in [-0.2, 0) is 0 Å². The lowest BCUT2D eigenvalue weighted by Gasteiger charge is -2.27. The highest BCUT2D eigenvalue weighted by atomic mass is 16.5. The minimum absolute atomic E-state index is 0. The Balaban J connectivity index is -0.000000405. The fourth-order valence-corrected chi connectivity index (χ4v) is 0.449. The molecule has 0 unspecified atom stereocenters. The fraction of sp³-hybridized carbons (Fsp3) is 0.667. The summed E-state index contributed by atoms with van der Waals surface area (Å²) < 4.78 is 0. The average Bonchev–Trinajstić information content (AvgIpc) is 1.59. The van der Waals surface area contributed by atoms with Crippen molar-refractivity contribution in [2.24, 2.45) is 0 Å². The third kappa shape index (κ3) is 5.19. The van der Waals surface area contributed by atoms with Crippen molar-refractivity contribution < 1.29 is 20.4 Å². The Labute approximate surface area is 71.3 Å². The lowest BCUT2D eigenvalue weighted by molar-refractivity contribution is -0.183. The third-order valence-corrected chi connectivity index (χ3v) is 1.14. The Morgan fingerprint density at radius 3 is 1.08 bits per heavy atom. The van der Waals surface area contributed by atoms with Gasteiger partial charge in [0.15, 0.2) is 11.6 Å². The van der Waals surface area contributed by atoms with Gasteiger partial charge in [-0.25, -0.2) is 0 Å². The van der Waals surface area contributed by atoms with Crippen LogP contribution in [0.2, 0.25) is 0 Å². The molecular formula is C6H18N2O4. The van der Waals surface area contributed by atoms with Gasteiger partial charge in [0.1, 0.15) is 0 Å². The van der Waals surface area contributed by atoms with Crippen LogP contribution in [0.4, 0.5) is 0 Å². The van der Waals surface area contributed by atoms with E-state index in [-0.39, 0.29) is 12.3 Å². The second-order valence-electron chi connectivity index (χ2n) is 2.52. The maximum absolute atomic E-state index is 8.76. The standard InChI is InChI=1S/C6H12O4.2H3N/c1-4(5(2,7)8)6(3,9)10;;/h7-10H,1H2,2-3H3;2*1H3. The summed E-state index contributed by atoms with van der Waals surface area (Å²) in [4.78, 5) is 0. The monoisotopic (exact) mass is 182 g/mol. The van der Waals surface area contributed by atoms with E-state index in [1.54, 1.807) is 0 Å². The van der Waals surface area contributed by atoms with Crippen LogP contribution < -0.4 is 12.3 Å². The van der Waals surface area contributed by atoms with Gasteiger partial charge in [0.05, 0.1) is 0 Å². The SMILES string of the molecule is C=C(C(C)(O)O)C(C)(O)O.N.N. The normalized spacial score (nSPS) is 11.2. The van der Waals surface area contributed by atoms with Crippen molar-refractivity contribution in [3.8, 4) is 0 Å². The van der Waals surface area contributed by atoms with E-state index >= 15 is 0 Å². The zero-order valence-electron chi connectivity index (χ0n) is 7.41. The molecule has 0 aliphatic heterocycles.